The minimum Gasteiger partial charge on any atom is -0.748 e. The summed E-state index contributed by atoms with van der Waals surface area (Å²) in [4.78, 5) is 0. The Morgan fingerprint density at radius 1 is 1.07 bits per heavy atom. The van der Waals surface area contributed by atoms with Crippen molar-refractivity contribution in [3.05, 3.63) is 59.7 Å². The van der Waals surface area contributed by atoms with Crippen molar-refractivity contribution in [2.45, 2.75) is 20.3 Å². The van der Waals surface area contributed by atoms with Gasteiger partial charge < -0.3 is 29.8 Å². The predicted molar refractivity (Wildman–Crippen MR) is 58.2 cm³/mol. The Morgan fingerprint density at radius 3 is 1.79 bits per heavy atom. The Hall–Kier alpha value is -0.677. The van der Waals surface area contributed by atoms with Crippen molar-refractivity contribution in [1.82, 2.24) is 0 Å². The van der Waals surface area contributed by atoms with Gasteiger partial charge in [0.05, 0.1) is 0 Å². The summed E-state index contributed by atoms with van der Waals surface area (Å²) in [6.07, 6.45) is 1.16. The zero-order chi connectivity index (χ0) is 9.52. The summed E-state index contributed by atoms with van der Waals surface area (Å²) < 4.78 is 0. The molecule has 0 fully saturated rings. The topological polar surface area (TPSA) is 0 Å². The van der Waals surface area contributed by atoms with Gasteiger partial charge in [0.25, 0.3) is 0 Å². The normalized spacial score (nSPS) is 8.43. The van der Waals surface area contributed by atoms with E-state index in [0.29, 0.717) is 0 Å². The van der Waals surface area contributed by atoms with Crippen LogP contribution in [-0.2, 0) is 25.9 Å². The average molecular weight is 273 g/mol. The Labute approximate surface area is 99.5 Å². The summed E-state index contributed by atoms with van der Waals surface area (Å²) in [5.41, 5.74) is 2.77. The van der Waals surface area contributed by atoms with Crippen LogP contribution in [-0.4, -0.2) is 0 Å². The van der Waals surface area contributed by atoms with E-state index >= 15 is 0 Å². The van der Waals surface area contributed by atoms with Gasteiger partial charge in [0, 0.05) is 19.5 Å². The molecule has 0 atom stereocenters. The summed E-state index contributed by atoms with van der Waals surface area (Å²) >= 11 is 0. The molecule has 0 bridgehead atoms. The van der Waals surface area contributed by atoms with Crippen LogP contribution in [0.25, 0.3) is 0 Å². The maximum atomic E-state index is 2.16. The number of rotatable bonds is 1. The third kappa shape index (κ3) is 5.14. The molecule has 14 heavy (non-hydrogen) atoms. The molecule has 0 N–H and O–H groups in total. The summed E-state index contributed by atoms with van der Waals surface area (Å²) in [6, 6.07) is 16.7. The van der Waals surface area contributed by atoms with E-state index in [4.69, 9.17) is 0 Å². The molecule has 2 aromatic carbocycles. The van der Waals surface area contributed by atoms with Crippen LogP contribution in [0.1, 0.15) is 18.1 Å². The molecule has 0 amide bonds. The fourth-order valence-electron chi connectivity index (χ4n) is 1.12. The molecule has 82 valence electrons. The molecule has 0 saturated carbocycles. The van der Waals surface area contributed by atoms with E-state index in [-0.39, 0.29) is 19.5 Å². The Kier molecular flexibility index (Phi) is 7.33. The van der Waals surface area contributed by atoms with Crippen LogP contribution in [0.4, 0.5) is 0 Å². The van der Waals surface area contributed by atoms with Crippen molar-refractivity contribution in [2.24, 2.45) is 0 Å². The van der Waals surface area contributed by atoms with Gasteiger partial charge in [-0.25, -0.2) is 19.1 Å². The van der Waals surface area contributed by atoms with Crippen LogP contribution in [0.3, 0.4) is 0 Å². The second-order valence-corrected chi connectivity index (χ2v) is 3.11. The Balaban J connectivity index is 0.000000227. The number of aryl methyl sites for hydroxylation is 2. The maximum Gasteiger partial charge on any atom is 0 e. The molecule has 2 rings (SSSR count). The van der Waals surface area contributed by atoms with E-state index in [1.54, 1.807) is 0 Å². The van der Waals surface area contributed by atoms with Crippen molar-refractivity contribution in [3.8, 4) is 0 Å². The van der Waals surface area contributed by atoms with Gasteiger partial charge in [0.2, 0.25) is 0 Å². The fourth-order valence-corrected chi connectivity index (χ4v) is 1.12. The first-order valence-corrected chi connectivity index (χ1v) is 4.72. The van der Waals surface area contributed by atoms with E-state index < -0.39 is 0 Å². The van der Waals surface area contributed by atoms with Crippen LogP contribution in [0.15, 0.2) is 48.5 Å². The minimum absolute atomic E-state index is 0. The average Bonchev–Trinajstić information content (AvgIpc) is 2.76. The van der Waals surface area contributed by atoms with E-state index in [9.17, 15) is 0 Å². The molecule has 0 saturated heterocycles. The van der Waals surface area contributed by atoms with Crippen LogP contribution >= 0.6 is 0 Å². The molecule has 0 unspecified atom stereocenters. The Morgan fingerprint density at radius 2 is 1.57 bits per heavy atom. The van der Waals surface area contributed by atoms with Crippen LogP contribution in [0.5, 0.6) is 0 Å². The van der Waals surface area contributed by atoms with E-state index in [2.05, 4.69) is 50.2 Å². The molecule has 2 aromatic rings. The molecule has 0 nitrogen and oxygen atoms in total. The number of hydrogen-bond acceptors (Lipinski definition) is 0. The zero-order valence-electron chi connectivity index (χ0n) is 8.68. The second-order valence-electron chi connectivity index (χ2n) is 3.11. The molecular formula is C13H16Ru-6. The third-order valence-corrected chi connectivity index (χ3v) is 1.97. The first-order valence-electron chi connectivity index (χ1n) is 4.72. The van der Waals surface area contributed by atoms with E-state index in [0.717, 1.165) is 6.42 Å². The minimum atomic E-state index is 0. The van der Waals surface area contributed by atoms with Crippen molar-refractivity contribution in [3.63, 3.8) is 0 Å². The molecule has 0 aliphatic carbocycles. The van der Waals surface area contributed by atoms with Gasteiger partial charge in [-0.05, 0) is 0 Å². The SMILES string of the molecule is CC[c-]1cccc1.C[c-]1[cH-][cH-][cH-][cH-]1.[Ru]. The van der Waals surface area contributed by atoms with E-state index in [1.165, 1.54) is 11.1 Å². The van der Waals surface area contributed by atoms with Gasteiger partial charge in [-0.1, -0.05) is 13.3 Å². The first-order chi connectivity index (χ1) is 6.33. The predicted octanol–water partition coefficient (Wildman–Crippen LogP) is 3.68. The Bertz CT molecular complexity index is 290. The smallest absolute Gasteiger partial charge is 0 e. The van der Waals surface area contributed by atoms with Gasteiger partial charge >= 0.3 is 0 Å². The summed E-state index contributed by atoms with van der Waals surface area (Å²) in [5.74, 6) is 0. The van der Waals surface area contributed by atoms with Gasteiger partial charge in [0.15, 0.2) is 0 Å². The van der Waals surface area contributed by atoms with Gasteiger partial charge in [0.1, 0.15) is 0 Å². The summed E-state index contributed by atoms with van der Waals surface area (Å²) in [6.45, 7) is 4.25. The largest absolute Gasteiger partial charge is 0.748 e. The monoisotopic (exact) mass is 274 g/mol. The fraction of sp³-hybridized carbons (Fsp3) is 0.231. The van der Waals surface area contributed by atoms with Gasteiger partial charge in [-0.15, -0.1) is 0 Å². The van der Waals surface area contributed by atoms with Gasteiger partial charge in [-0.2, -0.15) is 17.7 Å². The van der Waals surface area contributed by atoms with Gasteiger partial charge in [-0.3, -0.25) is 0 Å². The maximum absolute atomic E-state index is 2.16. The molecule has 0 aliphatic heterocycles. The summed E-state index contributed by atoms with van der Waals surface area (Å²) in [7, 11) is 0. The van der Waals surface area contributed by atoms with Crippen LogP contribution in [0.2, 0.25) is 0 Å². The van der Waals surface area contributed by atoms with E-state index in [1.807, 2.05) is 12.1 Å². The molecule has 0 aromatic heterocycles. The zero-order valence-corrected chi connectivity index (χ0v) is 10.4. The van der Waals surface area contributed by atoms with Crippen LogP contribution < -0.4 is 0 Å². The first kappa shape index (κ1) is 13.3. The van der Waals surface area contributed by atoms with Crippen molar-refractivity contribution in [2.75, 3.05) is 0 Å². The molecule has 0 heterocycles. The molecule has 1 heteroatoms. The third-order valence-electron chi connectivity index (χ3n) is 1.97. The summed E-state index contributed by atoms with van der Waals surface area (Å²) in [5, 5.41) is 0. The van der Waals surface area contributed by atoms with Crippen molar-refractivity contribution < 1.29 is 19.5 Å². The standard InChI is InChI=1S/C7H9.C6H7.Ru/c1-2-7-5-3-4-6-7;1-6-4-2-3-5-6;/h3-6H,2H2,1H3;2-5H,1H3;/q-1;-5;. The molecular weight excluding hydrogens is 257 g/mol. The molecule has 0 radical (unpaired) electrons. The number of hydrogen-bond donors (Lipinski definition) is 0. The molecule has 0 aliphatic rings. The quantitative estimate of drug-likeness (QED) is 0.549. The molecule has 0 spiro atoms. The van der Waals surface area contributed by atoms with Crippen molar-refractivity contribution >= 4 is 0 Å². The van der Waals surface area contributed by atoms with Crippen LogP contribution in [0, 0.1) is 6.92 Å². The second kappa shape index (κ2) is 7.70. The van der Waals surface area contributed by atoms with Crippen molar-refractivity contribution in [1.29, 1.82) is 0 Å².